The molecule has 0 aromatic carbocycles. The summed E-state index contributed by atoms with van der Waals surface area (Å²) in [6.07, 6.45) is 3.09. The highest BCUT2D eigenvalue weighted by atomic mass is 19.1. The third-order valence-corrected chi connectivity index (χ3v) is 5.05. The number of nitrogens with one attached hydrogen (secondary N) is 2. The number of pyridine rings is 2. The van der Waals surface area contributed by atoms with E-state index in [4.69, 9.17) is 10.00 Å². The fraction of sp³-hybridized carbons (Fsp3) is 0.409. The zero-order valence-electron chi connectivity index (χ0n) is 18.7. The first-order valence-corrected chi connectivity index (χ1v) is 10.1. The van der Waals surface area contributed by atoms with Crippen molar-refractivity contribution in [3.8, 4) is 11.9 Å². The molecule has 3 aromatic rings. The first kappa shape index (κ1) is 23.1. The molecule has 9 nitrogen and oxygen atoms in total. The van der Waals surface area contributed by atoms with Gasteiger partial charge in [-0.05, 0) is 33.8 Å². The average Bonchev–Trinajstić information content (AvgIpc) is 3.19. The van der Waals surface area contributed by atoms with Crippen molar-refractivity contribution >= 4 is 22.6 Å². The van der Waals surface area contributed by atoms with Crippen molar-refractivity contribution in [2.24, 2.45) is 0 Å². The van der Waals surface area contributed by atoms with E-state index >= 15 is 0 Å². The number of ether oxygens (including phenoxy) is 1. The maximum atomic E-state index is 14.4. The average molecular weight is 439 g/mol. The van der Waals surface area contributed by atoms with E-state index in [0.29, 0.717) is 28.1 Å². The second-order valence-corrected chi connectivity index (χ2v) is 8.18. The predicted molar refractivity (Wildman–Crippen MR) is 118 cm³/mol. The van der Waals surface area contributed by atoms with Crippen LogP contribution in [0.2, 0.25) is 0 Å². The zero-order chi connectivity index (χ0) is 23.5. The van der Waals surface area contributed by atoms with Gasteiger partial charge in [-0.3, -0.25) is 4.79 Å². The molecule has 1 atom stereocenters. The van der Waals surface area contributed by atoms with Crippen molar-refractivity contribution in [2.75, 3.05) is 19.0 Å². The van der Waals surface area contributed by atoms with Gasteiger partial charge in [0, 0.05) is 37.0 Å². The monoisotopic (exact) mass is 439 g/mol. The Morgan fingerprint density at radius 2 is 2.03 bits per heavy atom. The van der Waals surface area contributed by atoms with Crippen molar-refractivity contribution in [1.82, 2.24) is 25.1 Å². The van der Waals surface area contributed by atoms with E-state index in [2.05, 4.69) is 25.7 Å². The van der Waals surface area contributed by atoms with Gasteiger partial charge in [0.25, 0.3) is 5.91 Å². The smallest absolute Gasteiger partial charge is 0.255 e. The highest BCUT2D eigenvalue weighted by Crippen LogP contribution is 2.22. The molecule has 3 heterocycles. The van der Waals surface area contributed by atoms with Gasteiger partial charge in [-0.15, -0.1) is 0 Å². The van der Waals surface area contributed by atoms with Crippen molar-refractivity contribution in [2.45, 2.75) is 45.5 Å². The molecule has 2 N–H and O–H groups in total. The summed E-state index contributed by atoms with van der Waals surface area (Å²) in [5.41, 5.74) is 0.754. The number of methoxy groups -OCH3 is 1. The van der Waals surface area contributed by atoms with Gasteiger partial charge in [0.1, 0.15) is 12.2 Å². The minimum Gasteiger partial charge on any atom is -0.382 e. The van der Waals surface area contributed by atoms with Crippen LogP contribution in [0.3, 0.4) is 0 Å². The molecule has 3 rings (SSSR count). The molecule has 0 saturated heterocycles. The third kappa shape index (κ3) is 4.84. The van der Waals surface area contributed by atoms with Crippen LogP contribution in [-0.2, 0) is 4.74 Å². The van der Waals surface area contributed by atoms with E-state index < -0.39 is 17.7 Å². The first-order valence-electron chi connectivity index (χ1n) is 10.1. The number of carbonyl (C=O) groups excluding carboxylic acids is 1. The summed E-state index contributed by atoms with van der Waals surface area (Å²) in [4.78, 5) is 21.5. The van der Waals surface area contributed by atoms with Crippen molar-refractivity contribution in [3.63, 3.8) is 0 Å². The van der Waals surface area contributed by atoms with Gasteiger partial charge in [-0.2, -0.15) is 15.0 Å². The maximum Gasteiger partial charge on any atom is 0.255 e. The minimum absolute atomic E-state index is 0.0313. The Kier molecular flexibility index (Phi) is 6.69. The summed E-state index contributed by atoms with van der Waals surface area (Å²) in [5, 5.41) is 19.9. The number of nitriles is 1. The molecule has 3 aromatic heterocycles. The minimum atomic E-state index is -1.38. The van der Waals surface area contributed by atoms with Crippen LogP contribution in [0.5, 0.6) is 0 Å². The highest BCUT2D eigenvalue weighted by molar-refractivity contribution is 5.99. The second-order valence-electron chi connectivity index (χ2n) is 8.18. The molecule has 168 valence electrons. The summed E-state index contributed by atoms with van der Waals surface area (Å²) in [7, 11) is 1.43. The van der Waals surface area contributed by atoms with Gasteiger partial charge >= 0.3 is 0 Å². The largest absolute Gasteiger partial charge is 0.382 e. The Balaban J connectivity index is 1.91. The molecule has 0 fully saturated rings. The SMILES string of the molecule is COC(C)(C)C(F)CNC(=O)c1cnc(-n2ncc3cc(C#N)cnc32)cc1NC(C)C. The zero-order valence-corrected chi connectivity index (χ0v) is 18.7. The molecule has 0 aliphatic carbocycles. The van der Waals surface area contributed by atoms with Crippen molar-refractivity contribution < 1.29 is 13.9 Å². The quantitative estimate of drug-likeness (QED) is 0.554. The predicted octanol–water partition coefficient (Wildman–Crippen LogP) is 3.00. The lowest BCUT2D eigenvalue weighted by molar-refractivity contribution is -0.0404. The number of fused-ring (bicyclic) bond motifs is 1. The fourth-order valence-corrected chi connectivity index (χ4v) is 2.97. The molecule has 1 amide bonds. The summed E-state index contributed by atoms with van der Waals surface area (Å²) in [5.74, 6) is -0.00958. The number of rotatable bonds is 8. The number of hydrogen-bond donors (Lipinski definition) is 2. The van der Waals surface area contributed by atoms with Gasteiger partial charge in [0.15, 0.2) is 11.5 Å². The number of carbonyl (C=O) groups is 1. The standard InChI is InChI=1S/C22H26FN7O2/c1-13(2)29-17-7-19(30-20-15(10-28-30)6-14(8-24)9-26-20)25-11-16(17)21(31)27-12-18(23)22(3,4)32-5/h6-7,9-11,13,18H,12H2,1-5H3,(H,25,29)(H,27,31). The van der Waals surface area contributed by atoms with E-state index in [1.807, 2.05) is 19.9 Å². The third-order valence-electron chi connectivity index (χ3n) is 5.05. The highest BCUT2D eigenvalue weighted by Gasteiger charge is 2.30. The molecule has 0 spiro atoms. The molecule has 0 aliphatic rings. The number of hydrogen-bond acceptors (Lipinski definition) is 7. The molecule has 32 heavy (non-hydrogen) atoms. The lowest BCUT2D eigenvalue weighted by atomic mass is 10.0. The van der Waals surface area contributed by atoms with Gasteiger partial charge in [-0.25, -0.2) is 14.4 Å². The molecule has 0 radical (unpaired) electrons. The van der Waals surface area contributed by atoms with Crippen LogP contribution in [0.4, 0.5) is 10.1 Å². The van der Waals surface area contributed by atoms with Crippen LogP contribution in [0.15, 0.2) is 30.7 Å². The second kappa shape index (κ2) is 9.28. The number of anilines is 1. The Hall–Kier alpha value is -3.58. The van der Waals surface area contributed by atoms with Gasteiger partial charge in [0.2, 0.25) is 0 Å². The molecule has 1 unspecified atom stereocenters. The van der Waals surface area contributed by atoms with E-state index in [0.717, 1.165) is 0 Å². The van der Waals surface area contributed by atoms with Gasteiger partial charge < -0.3 is 15.4 Å². The number of amides is 1. The van der Waals surface area contributed by atoms with Crippen LogP contribution >= 0.6 is 0 Å². The Labute approximate surface area is 185 Å². The van der Waals surface area contributed by atoms with E-state index in [9.17, 15) is 9.18 Å². The van der Waals surface area contributed by atoms with Crippen LogP contribution in [0.25, 0.3) is 16.9 Å². The number of alkyl halides is 1. The molecule has 0 aliphatic heterocycles. The molecular formula is C22H26FN7O2. The normalized spacial score (nSPS) is 12.6. The number of halogens is 1. The van der Waals surface area contributed by atoms with Crippen LogP contribution < -0.4 is 10.6 Å². The van der Waals surface area contributed by atoms with E-state index in [-0.39, 0.29) is 18.2 Å². The molecule has 0 bridgehead atoms. The first-order chi connectivity index (χ1) is 15.2. The Morgan fingerprint density at radius 3 is 2.69 bits per heavy atom. The van der Waals surface area contributed by atoms with E-state index in [1.165, 1.54) is 24.2 Å². The Morgan fingerprint density at radius 1 is 1.28 bits per heavy atom. The fourth-order valence-electron chi connectivity index (χ4n) is 2.97. The Bertz CT molecular complexity index is 1170. The van der Waals surface area contributed by atoms with Crippen molar-refractivity contribution in [3.05, 3.63) is 41.9 Å². The van der Waals surface area contributed by atoms with Crippen LogP contribution in [0.1, 0.15) is 43.6 Å². The summed E-state index contributed by atoms with van der Waals surface area (Å²) >= 11 is 0. The summed E-state index contributed by atoms with van der Waals surface area (Å²) < 4.78 is 21.1. The van der Waals surface area contributed by atoms with Crippen molar-refractivity contribution in [1.29, 1.82) is 5.26 Å². The van der Waals surface area contributed by atoms with Gasteiger partial charge in [-0.1, -0.05) is 0 Å². The molecular weight excluding hydrogens is 413 g/mol. The van der Waals surface area contributed by atoms with Crippen LogP contribution in [-0.4, -0.2) is 57.1 Å². The summed E-state index contributed by atoms with van der Waals surface area (Å²) in [6.45, 7) is 6.92. The molecule has 10 heteroatoms. The topological polar surface area (TPSA) is 118 Å². The van der Waals surface area contributed by atoms with Crippen LogP contribution in [0, 0.1) is 11.3 Å². The number of nitrogens with zero attached hydrogens (tertiary/aromatic N) is 5. The maximum absolute atomic E-state index is 14.4. The lowest BCUT2D eigenvalue weighted by Gasteiger charge is -2.27. The lowest BCUT2D eigenvalue weighted by Crippen LogP contribution is -2.43. The number of aromatic nitrogens is 4. The van der Waals surface area contributed by atoms with E-state index in [1.54, 1.807) is 32.2 Å². The summed E-state index contributed by atoms with van der Waals surface area (Å²) in [6, 6.07) is 5.46. The molecule has 0 saturated carbocycles. The van der Waals surface area contributed by atoms with Gasteiger partial charge in [0.05, 0.1) is 35.2 Å².